The topological polar surface area (TPSA) is 30.5 Å². The second-order valence-corrected chi connectivity index (χ2v) is 5.71. The Labute approximate surface area is 127 Å². The van der Waals surface area contributed by atoms with E-state index in [1.807, 2.05) is 12.1 Å². The summed E-state index contributed by atoms with van der Waals surface area (Å²) < 4.78 is 10.6. The Bertz CT molecular complexity index is 408. The van der Waals surface area contributed by atoms with Crippen LogP contribution in [-0.4, -0.2) is 27.3 Å². The normalized spacial score (nSPS) is 10.9. The third-order valence-electron chi connectivity index (χ3n) is 3.17. The van der Waals surface area contributed by atoms with E-state index in [1.54, 1.807) is 14.2 Å². The maximum Gasteiger partial charge on any atom is 0.144 e. The first-order valence-corrected chi connectivity index (χ1v) is 7.58. The number of methoxy groups -OCH3 is 2. The zero-order valence-electron chi connectivity index (χ0n) is 13.0. The lowest BCUT2D eigenvalue weighted by molar-refractivity contribution is 0.391. The van der Waals surface area contributed by atoms with E-state index < -0.39 is 0 Å². The Morgan fingerprint density at radius 1 is 1.15 bits per heavy atom. The van der Waals surface area contributed by atoms with Crippen LogP contribution in [0.2, 0.25) is 5.02 Å². The number of hydrogen-bond donors (Lipinski definition) is 1. The van der Waals surface area contributed by atoms with Crippen molar-refractivity contribution in [3.63, 3.8) is 0 Å². The summed E-state index contributed by atoms with van der Waals surface area (Å²) in [4.78, 5) is 0. The predicted molar refractivity (Wildman–Crippen MR) is 85.2 cm³/mol. The first kappa shape index (κ1) is 17.1. The molecule has 0 heterocycles. The first-order valence-electron chi connectivity index (χ1n) is 7.20. The van der Waals surface area contributed by atoms with Crippen molar-refractivity contribution in [2.45, 2.75) is 33.1 Å². The Hall–Kier alpha value is -0.930. The Balaban J connectivity index is 2.46. The van der Waals surface area contributed by atoms with Gasteiger partial charge in [-0.25, -0.2) is 0 Å². The Morgan fingerprint density at radius 3 is 2.50 bits per heavy atom. The molecule has 0 bridgehead atoms. The highest BCUT2D eigenvalue weighted by molar-refractivity contribution is 6.33. The number of aryl methyl sites for hydroxylation is 1. The fraction of sp³-hybridized carbons (Fsp3) is 0.625. The van der Waals surface area contributed by atoms with Crippen LogP contribution >= 0.6 is 11.6 Å². The van der Waals surface area contributed by atoms with Crippen molar-refractivity contribution < 1.29 is 9.47 Å². The van der Waals surface area contributed by atoms with Gasteiger partial charge in [0.05, 0.1) is 14.2 Å². The molecule has 3 nitrogen and oxygen atoms in total. The molecule has 4 heteroatoms. The lowest BCUT2D eigenvalue weighted by Crippen LogP contribution is -2.20. The minimum Gasteiger partial charge on any atom is -0.495 e. The van der Waals surface area contributed by atoms with Crippen LogP contribution in [0.4, 0.5) is 0 Å². The van der Waals surface area contributed by atoms with E-state index in [0.29, 0.717) is 16.7 Å². The largest absolute Gasteiger partial charge is 0.495 e. The summed E-state index contributed by atoms with van der Waals surface area (Å²) in [5, 5.41) is 4.01. The van der Waals surface area contributed by atoms with E-state index in [-0.39, 0.29) is 0 Å². The average molecular weight is 300 g/mol. The zero-order valence-corrected chi connectivity index (χ0v) is 13.7. The molecule has 0 amide bonds. The van der Waals surface area contributed by atoms with Gasteiger partial charge in [-0.2, -0.15) is 0 Å². The maximum atomic E-state index is 6.25. The van der Waals surface area contributed by atoms with E-state index in [2.05, 4.69) is 19.2 Å². The van der Waals surface area contributed by atoms with Gasteiger partial charge in [0.1, 0.15) is 16.5 Å². The first-order chi connectivity index (χ1) is 9.60. The van der Waals surface area contributed by atoms with E-state index >= 15 is 0 Å². The molecule has 0 spiro atoms. The van der Waals surface area contributed by atoms with Crippen molar-refractivity contribution in [2.24, 2.45) is 5.92 Å². The van der Waals surface area contributed by atoms with Gasteiger partial charge < -0.3 is 14.8 Å². The third kappa shape index (κ3) is 5.22. The molecule has 1 aromatic rings. The summed E-state index contributed by atoms with van der Waals surface area (Å²) >= 11 is 6.25. The van der Waals surface area contributed by atoms with Crippen molar-refractivity contribution in [1.29, 1.82) is 0 Å². The number of nitrogens with one attached hydrogen (secondary N) is 1. The van der Waals surface area contributed by atoms with Gasteiger partial charge in [0.25, 0.3) is 0 Å². The molecule has 0 unspecified atom stereocenters. The summed E-state index contributed by atoms with van der Waals surface area (Å²) in [7, 11) is 3.26. The lowest BCUT2D eigenvalue weighted by atomic mass is 10.1. The minimum absolute atomic E-state index is 0.561. The zero-order chi connectivity index (χ0) is 15.0. The summed E-state index contributed by atoms with van der Waals surface area (Å²) in [6.07, 6.45) is 3.24. The Morgan fingerprint density at radius 2 is 1.90 bits per heavy atom. The fourth-order valence-electron chi connectivity index (χ4n) is 2.11. The highest BCUT2D eigenvalue weighted by Gasteiger charge is 2.12. The summed E-state index contributed by atoms with van der Waals surface area (Å²) in [6, 6.07) is 3.93. The lowest BCUT2D eigenvalue weighted by Gasteiger charge is -2.13. The van der Waals surface area contributed by atoms with Crippen LogP contribution in [0.15, 0.2) is 12.1 Å². The molecule has 0 atom stereocenters. The molecular formula is C16H26ClNO2. The molecule has 1 aromatic carbocycles. The third-order valence-corrected chi connectivity index (χ3v) is 3.53. The molecule has 1 rings (SSSR count). The van der Waals surface area contributed by atoms with Gasteiger partial charge in [-0.1, -0.05) is 31.5 Å². The van der Waals surface area contributed by atoms with Crippen LogP contribution in [0.5, 0.6) is 11.5 Å². The van der Waals surface area contributed by atoms with Crippen molar-refractivity contribution in [3.05, 3.63) is 22.7 Å². The second-order valence-electron chi connectivity index (χ2n) is 5.33. The monoisotopic (exact) mass is 299 g/mol. The molecule has 0 aliphatic rings. The molecular weight excluding hydrogens is 274 g/mol. The number of ether oxygens (including phenoxy) is 2. The molecule has 0 aromatic heterocycles. The summed E-state index contributed by atoms with van der Waals surface area (Å²) in [5.74, 6) is 2.10. The van der Waals surface area contributed by atoms with Gasteiger partial charge in [0, 0.05) is 0 Å². The standard InChI is InChI=1S/C16H26ClNO2/c1-12(2)11-18-10-6-5-7-13-8-9-14(19-3)15(17)16(13)20-4/h8-9,12,18H,5-7,10-11H2,1-4H3. The van der Waals surface area contributed by atoms with Gasteiger partial charge in [0.2, 0.25) is 0 Å². The number of rotatable bonds is 9. The number of halogens is 1. The molecule has 0 saturated heterocycles. The molecule has 20 heavy (non-hydrogen) atoms. The maximum absolute atomic E-state index is 6.25. The van der Waals surface area contributed by atoms with Crippen molar-refractivity contribution in [3.8, 4) is 11.5 Å². The molecule has 0 radical (unpaired) electrons. The van der Waals surface area contributed by atoms with Gasteiger partial charge >= 0.3 is 0 Å². The quantitative estimate of drug-likeness (QED) is 0.701. The minimum atomic E-state index is 0.561. The Kier molecular flexibility index (Phi) is 7.78. The van der Waals surface area contributed by atoms with E-state index in [9.17, 15) is 0 Å². The molecule has 0 aliphatic carbocycles. The molecule has 114 valence electrons. The second kappa shape index (κ2) is 9.09. The number of unbranched alkanes of at least 4 members (excludes halogenated alkanes) is 1. The van der Waals surface area contributed by atoms with Crippen LogP contribution in [0.3, 0.4) is 0 Å². The SMILES string of the molecule is COc1ccc(CCCCNCC(C)C)c(OC)c1Cl. The van der Waals surface area contributed by atoms with E-state index in [4.69, 9.17) is 21.1 Å². The van der Waals surface area contributed by atoms with Crippen LogP contribution in [-0.2, 0) is 6.42 Å². The van der Waals surface area contributed by atoms with Crippen molar-refractivity contribution in [1.82, 2.24) is 5.32 Å². The molecule has 0 saturated carbocycles. The summed E-state index contributed by atoms with van der Waals surface area (Å²) in [6.45, 7) is 6.58. The smallest absolute Gasteiger partial charge is 0.144 e. The van der Waals surface area contributed by atoms with Crippen LogP contribution in [0.1, 0.15) is 32.3 Å². The molecule has 1 N–H and O–H groups in total. The summed E-state index contributed by atoms with van der Waals surface area (Å²) in [5.41, 5.74) is 1.14. The van der Waals surface area contributed by atoms with Gasteiger partial charge in [-0.3, -0.25) is 0 Å². The van der Waals surface area contributed by atoms with E-state index in [1.165, 1.54) is 0 Å². The number of hydrogen-bond acceptors (Lipinski definition) is 3. The highest BCUT2D eigenvalue weighted by Crippen LogP contribution is 2.37. The van der Waals surface area contributed by atoms with Crippen molar-refractivity contribution >= 4 is 11.6 Å². The van der Waals surface area contributed by atoms with Gasteiger partial charge in [0.15, 0.2) is 0 Å². The van der Waals surface area contributed by atoms with Gasteiger partial charge in [-0.05, 0) is 49.9 Å². The molecule has 0 aliphatic heterocycles. The van der Waals surface area contributed by atoms with Crippen LogP contribution in [0, 0.1) is 5.92 Å². The highest BCUT2D eigenvalue weighted by atomic mass is 35.5. The van der Waals surface area contributed by atoms with Crippen LogP contribution < -0.4 is 14.8 Å². The number of benzene rings is 1. The van der Waals surface area contributed by atoms with Crippen LogP contribution in [0.25, 0.3) is 0 Å². The van der Waals surface area contributed by atoms with E-state index in [0.717, 1.165) is 43.7 Å². The molecule has 0 fully saturated rings. The fourth-order valence-corrected chi connectivity index (χ4v) is 2.45. The van der Waals surface area contributed by atoms with Crippen molar-refractivity contribution in [2.75, 3.05) is 27.3 Å². The average Bonchev–Trinajstić information content (AvgIpc) is 2.42. The predicted octanol–water partition coefficient (Wildman–Crippen LogP) is 3.93. The van der Waals surface area contributed by atoms with Gasteiger partial charge in [-0.15, -0.1) is 0 Å².